The van der Waals surface area contributed by atoms with Gasteiger partial charge in [0.15, 0.2) is 0 Å². The monoisotopic (exact) mass is 405 g/mol. The summed E-state index contributed by atoms with van der Waals surface area (Å²) in [7, 11) is 2.04. The minimum absolute atomic E-state index is 0.247. The Morgan fingerprint density at radius 1 is 1.20 bits per heavy atom. The Bertz CT molecular complexity index is 1100. The minimum atomic E-state index is -0.247. The van der Waals surface area contributed by atoms with Crippen molar-refractivity contribution in [3.05, 3.63) is 54.8 Å². The number of aromatic nitrogens is 3. The lowest BCUT2D eigenvalue weighted by atomic mass is 9.57. The molecule has 3 heterocycles. The quantitative estimate of drug-likeness (QED) is 0.654. The molecule has 1 saturated heterocycles. The van der Waals surface area contributed by atoms with E-state index in [0.717, 1.165) is 65.3 Å². The fourth-order valence-electron chi connectivity index (χ4n) is 5.08. The molecule has 1 aliphatic heterocycles. The summed E-state index contributed by atoms with van der Waals surface area (Å²) in [6, 6.07) is 8.50. The molecule has 2 aliphatic rings. The first-order valence-electron chi connectivity index (χ1n) is 10.6. The number of halogens is 1. The van der Waals surface area contributed by atoms with Crippen LogP contribution in [0.4, 0.5) is 10.2 Å². The molecule has 0 amide bonds. The number of likely N-dealkylation sites (tertiary alicyclic amines) is 1. The lowest BCUT2D eigenvalue weighted by molar-refractivity contribution is -0.0851. The Labute approximate surface area is 176 Å². The zero-order valence-corrected chi connectivity index (χ0v) is 17.7. The van der Waals surface area contributed by atoms with Gasteiger partial charge in [-0.05, 0) is 48.6 Å². The van der Waals surface area contributed by atoms with E-state index in [9.17, 15) is 4.39 Å². The summed E-state index contributed by atoms with van der Waals surface area (Å²) in [5.41, 5.74) is 3.68. The molecule has 1 aliphatic carbocycles. The predicted molar refractivity (Wildman–Crippen MR) is 119 cm³/mol. The van der Waals surface area contributed by atoms with Crippen molar-refractivity contribution in [2.75, 3.05) is 31.6 Å². The highest BCUT2D eigenvalue weighted by atomic mass is 19.1. The lowest BCUT2D eigenvalue weighted by Gasteiger charge is -2.59. The van der Waals surface area contributed by atoms with E-state index in [1.807, 2.05) is 26.4 Å². The van der Waals surface area contributed by atoms with Crippen LogP contribution in [-0.4, -0.2) is 45.7 Å². The van der Waals surface area contributed by atoms with Crippen molar-refractivity contribution in [2.24, 2.45) is 18.4 Å². The molecule has 5 nitrogen and oxygen atoms in total. The summed E-state index contributed by atoms with van der Waals surface area (Å²) in [5, 5.41) is 5.69. The molecule has 1 saturated carbocycles. The zero-order chi connectivity index (χ0) is 20.9. The molecule has 0 radical (unpaired) electrons. The van der Waals surface area contributed by atoms with Crippen molar-refractivity contribution >= 4 is 16.6 Å². The summed E-state index contributed by atoms with van der Waals surface area (Å²) >= 11 is 0. The maximum atomic E-state index is 12.5. The fraction of sp³-hybridized carbons (Fsp3) is 0.417. The third-order valence-corrected chi connectivity index (χ3v) is 6.90. The summed E-state index contributed by atoms with van der Waals surface area (Å²) in [6.07, 6.45) is 6.10. The van der Waals surface area contributed by atoms with Gasteiger partial charge in [-0.1, -0.05) is 18.7 Å². The van der Waals surface area contributed by atoms with E-state index in [2.05, 4.69) is 55.6 Å². The number of fused-ring (bicyclic) bond motifs is 1. The SMILES string of the molecule is C=C(Nc1cc2cc(-c3cnc(C)n3C)ccc2cn1)C1CC2(C1)CN(CCF)C2. The second kappa shape index (κ2) is 7.20. The average Bonchev–Trinajstić information content (AvgIpc) is 3.00. The lowest BCUT2D eigenvalue weighted by Crippen LogP contribution is -2.62. The first-order valence-corrected chi connectivity index (χ1v) is 10.6. The Morgan fingerprint density at radius 3 is 2.70 bits per heavy atom. The average molecular weight is 406 g/mol. The Hall–Kier alpha value is -2.73. The first kappa shape index (κ1) is 19.2. The molecule has 0 bridgehead atoms. The maximum Gasteiger partial charge on any atom is 0.130 e. The van der Waals surface area contributed by atoms with Gasteiger partial charge in [0.05, 0.1) is 11.9 Å². The number of anilines is 1. The van der Waals surface area contributed by atoms with Crippen molar-refractivity contribution in [2.45, 2.75) is 19.8 Å². The van der Waals surface area contributed by atoms with Crippen LogP contribution < -0.4 is 5.32 Å². The highest BCUT2D eigenvalue weighted by Crippen LogP contribution is 2.53. The van der Waals surface area contributed by atoms with E-state index in [1.165, 1.54) is 0 Å². The number of allylic oxidation sites excluding steroid dienone is 1. The molecule has 1 N–H and O–H groups in total. The molecule has 5 rings (SSSR count). The van der Waals surface area contributed by atoms with Gasteiger partial charge in [0.1, 0.15) is 18.3 Å². The van der Waals surface area contributed by atoms with E-state index in [1.54, 1.807) is 0 Å². The molecule has 0 unspecified atom stereocenters. The third kappa shape index (κ3) is 3.29. The van der Waals surface area contributed by atoms with Gasteiger partial charge in [0.25, 0.3) is 0 Å². The van der Waals surface area contributed by atoms with Crippen LogP contribution in [0.5, 0.6) is 0 Å². The first-order chi connectivity index (χ1) is 14.5. The molecule has 1 spiro atoms. The van der Waals surface area contributed by atoms with Crippen LogP contribution in [0.1, 0.15) is 18.7 Å². The standard InChI is InChI=1S/C24H28FN5/c1-16(21-10-24(11-21)14-30(15-24)7-6-25)28-23-9-20-8-18(4-5-19(20)12-27-23)22-13-26-17(2)29(22)3/h4-5,8-9,12-13,21H,1,6-7,10-11,14-15H2,2-3H3,(H,27,28). The van der Waals surface area contributed by atoms with Gasteiger partial charge in [-0.2, -0.15) is 0 Å². The minimum Gasteiger partial charge on any atom is -0.344 e. The number of rotatable bonds is 6. The number of benzene rings is 1. The predicted octanol–water partition coefficient (Wildman–Crippen LogP) is 4.55. The van der Waals surface area contributed by atoms with Crippen molar-refractivity contribution in [1.82, 2.24) is 19.4 Å². The molecule has 0 atom stereocenters. The zero-order valence-electron chi connectivity index (χ0n) is 17.7. The van der Waals surface area contributed by atoms with Crippen LogP contribution in [0.25, 0.3) is 22.0 Å². The van der Waals surface area contributed by atoms with Gasteiger partial charge in [-0.15, -0.1) is 0 Å². The molecule has 2 aromatic heterocycles. The molecule has 2 fully saturated rings. The van der Waals surface area contributed by atoms with Crippen molar-refractivity contribution in [3.63, 3.8) is 0 Å². The van der Waals surface area contributed by atoms with E-state index < -0.39 is 0 Å². The van der Waals surface area contributed by atoms with Crippen LogP contribution in [0.2, 0.25) is 0 Å². The summed E-state index contributed by atoms with van der Waals surface area (Å²) < 4.78 is 14.6. The topological polar surface area (TPSA) is 46.0 Å². The Balaban J connectivity index is 1.27. The normalized spacial score (nSPS) is 18.4. The van der Waals surface area contributed by atoms with E-state index >= 15 is 0 Å². The summed E-state index contributed by atoms with van der Waals surface area (Å²) in [6.45, 7) is 8.68. The van der Waals surface area contributed by atoms with Crippen LogP contribution in [0.3, 0.4) is 0 Å². The second-order valence-corrected chi connectivity index (χ2v) is 9.04. The van der Waals surface area contributed by atoms with Gasteiger partial charge in [-0.25, -0.2) is 14.4 Å². The number of nitrogens with one attached hydrogen (secondary N) is 1. The van der Waals surface area contributed by atoms with Gasteiger partial charge in [0.2, 0.25) is 0 Å². The number of pyridine rings is 1. The van der Waals surface area contributed by atoms with Crippen LogP contribution in [0, 0.1) is 18.3 Å². The molecule has 1 aromatic carbocycles. The number of aryl methyl sites for hydroxylation is 1. The Kier molecular flexibility index (Phi) is 4.62. The van der Waals surface area contributed by atoms with E-state index in [-0.39, 0.29) is 6.67 Å². The number of alkyl halides is 1. The molecular formula is C24H28FN5. The fourth-order valence-corrected chi connectivity index (χ4v) is 5.08. The second-order valence-electron chi connectivity index (χ2n) is 9.04. The third-order valence-electron chi connectivity index (χ3n) is 6.90. The highest BCUT2D eigenvalue weighted by Gasteiger charge is 2.52. The van der Waals surface area contributed by atoms with Crippen molar-refractivity contribution in [1.29, 1.82) is 0 Å². The number of nitrogens with zero attached hydrogens (tertiary/aromatic N) is 4. The molecular weight excluding hydrogens is 377 g/mol. The molecule has 3 aromatic rings. The van der Waals surface area contributed by atoms with Gasteiger partial charge >= 0.3 is 0 Å². The number of hydrogen-bond donors (Lipinski definition) is 1. The number of hydrogen-bond acceptors (Lipinski definition) is 4. The largest absolute Gasteiger partial charge is 0.344 e. The number of imidazole rings is 1. The molecule has 6 heteroatoms. The van der Waals surface area contributed by atoms with Crippen LogP contribution in [-0.2, 0) is 7.05 Å². The van der Waals surface area contributed by atoms with E-state index in [0.29, 0.717) is 17.9 Å². The van der Waals surface area contributed by atoms with Crippen LogP contribution >= 0.6 is 0 Å². The summed E-state index contributed by atoms with van der Waals surface area (Å²) in [5.74, 6) is 2.30. The maximum absolute atomic E-state index is 12.5. The Morgan fingerprint density at radius 2 is 2.00 bits per heavy atom. The van der Waals surface area contributed by atoms with E-state index in [4.69, 9.17) is 0 Å². The van der Waals surface area contributed by atoms with Crippen LogP contribution in [0.15, 0.2) is 48.9 Å². The summed E-state index contributed by atoms with van der Waals surface area (Å²) in [4.78, 5) is 11.2. The highest BCUT2D eigenvalue weighted by molar-refractivity contribution is 5.88. The van der Waals surface area contributed by atoms with Gasteiger partial charge < -0.3 is 9.88 Å². The van der Waals surface area contributed by atoms with Crippen molar-refractivity contribution in [3.8, 4) is 11.3 Å². The van der Waals surface area contributed by atoms with Crippen molar-refractivity contribution < 1.29 is 4.39 Å². The van der Waals surface area contributed by atoms with Gasteiger partial charge in [-0.3, -0.25) is 4.90 Å². The van der Waals surface area contributed by atoms with Gasteiger partial charge in [0, 0.05) is 49.5 Å². The molecule has 30 heavy (non-hydrogen) atoms. The molecule has 156 valence electrons. The smallest absolute Gasteiger partial charge is 0.130 e.